The van der Waals surface area contributed by atoms with Crippen LogP contribution < -0.4 is 5.32 Å². The smallest absolute Gasteiger partial charge is 0.337 e. The maximum Gasteiger partial charge on any atom is 0.337 e. The summed E-state index contributed by atoms with van der Waals surface area (Å²) in [6, 6.07) is 20.7. The summed E-state index contributed by atoms with van der Waals surface area (Å²) in [7, 11) is 0. The highest BCUT2D eigenvalue weighted by atomic mass is 16.6. The van der Waals surface area contributed by atoms with E-state index in [4.69, 9.17) is 5.11 Å². The number of nitro groups is 1. The maximum absolute atomic E-state index is 12.1. The zero-order valence-electron chi connectivity index (χ0n) is 15.9. The molecule has 0 spiro atoms. The Morgan fingerprint density at radius 3 is 1.93 bits per heavy atom. The second-order valence-corrected chi connectivity index (χ2v) is 6.00. The minimum Gasteiger partial charge on any atom is -0.478 e. The van der Waals surface area contributed by atoms with Crippen molar-refractivity contribution < 1.29 is 24.4 Å². The summed E-state index contributed by atoms with van der Waals surface area (Å²) >= 11 is 0. The molecule has 0 unspecified atom stereocenters. The van der Waals surface area contributed by atoms with Gasteiger partial charge in [-0.2, -0.15) is 0 Å². The lowest BCUT2D eigenvalue weighted by molar-refractivity contribution is -0.385. The summed E-state index contributed by atoms with van der Waals surface area (Å²) in [4.78, 5) is 43.7. The van der Waals surface area contributed by atoms with Crippen molar-refractivity contribution in [1.82, 2.24) is 0 Å². The molecule has 3 rings (SSSR count). The van der Waals surface area contributed by atoms with Gasteiger partial charge in [-0.1, -0.05) is 54.6 Å². The summed E-state index contributed by atoms with van der Waals surface area (Å²) < 4.78 is 0. The zero-order valence-corrected chi connectivity index (χ0v) is 15.9. The van der Waals surface area contributed by atoms with Gasteiger partial charge in [0.15, 0.2) is 5.78 Å². The van der Waals surface area contributed by atoms with Crippen LogP contribution >= 0.6 is 0 Å². The van der Waals surface area contributed by atoms with Gasteiger partial charge >= 0.3 is 5.97 Å². The van der Waals surface area contributed by atoms with Gasteiger partial charge in [0, 0.05) is 18.6 Å². The van der Waals surface area contributed by atoms with Gasteiger partial charge in [0.05, 0.1) is 16.2 Å². The van der Waals surface area contributed by atoms with E-state index in [1.807, 2.05) is 0 Å². The second kappa shape index (κ2) is 10.3. The molecule has 0 radical (unpaired) electrons. The number of carboxylic acids is 1. The fraction of sp³-hybridized carbons (Fsp3) is 0.0455. The largest absolute Gasteiger partial charge is 0.478 e. The van der Waals surface area contributed by atoms with Crippen LogP contribution in [0.25, 0.3) is 0 Å². The number of rotatable bonds is 5. The number of nitrogens with zero attached hydrogens (tertiary/aromatic N) is 1. The third-order valence-corrected chi connectivity index (χ3v) is 3.85. The summed E-state index contributed by atoms with van der Waals surface area (Å²) in [6.45, 7) is 1.33. The molecule has 1 amide bonds. The van der Waals surface area contributed by atoms with Crippen molar-refractivity contribution in [2.24, 2.45) is 0 Å². The van der Waals surface area contributed by atoms with Crippen molar-refractivity contribution >= 4 is 29.0 Å². The van der Waals surface area contributed by atoms with Crippen LogP contribution in [0, 0.1) is 10.1 Å². The zero-order chi connectivity index (χ0) is 22.1. The van der Waals surface area contributed by atoms with E-state index in [2.05, 4.69) is 5.32 Å². The molecule has 2 N–H and O–H groups in total. The van der Waals surface area contributed by atoms with Crippen LogP contribution in [-0.4, -0.2) is 27.7 Å². The van der Waals surface area contributed by atoms with Gasteiger partial charge in [-0.15, -0.1) is 0 Å². The second-order valence-electron chi connectivity index (χ2n) is 6.00. The molecular formula is C22H18N2O6. The van der Waals surface area contributed by atoms with Crippen molar-refractivity contribution in [3.05, 3.63) is 106 Å². The quantitative estimate of drug-likeness (QED) is 0.372. The third kappa shape index (κ3) is 5.83. The van der Waals surface area contributed by atoms with Crippen molar-refractivity contribution in [2.75, 3.05) is 5.32 Å². The van der Waals surface area contributed by atoms with E-state index in [0.717, 1.165) is 0 Å². The van der Waals surface area contributed by atoms with Crippen LogP contribution in [0.2, 0.25) is 0 Å². The summed E-state index contributed by atoms with van der Waals surface area (Å²) in [6.07, 6.45) is 0. The number of nitro benzene ring substituents is 1. The molecule has 152 valence electrons. The van der Waals surface area contributed by atoms with Crippen molar-refractivity contribution in [3.63, 3.8) is 0 Å². The molecular weight excluding hydrogens is 388 g/mol. The Hall–Kier alpha value is -4.33. The van der Waals surface area contributed by atoms with E-state index in [9.17, 15) is 24.5 Å². The molecule has 0 heterocycles. The van der Waals surface area contributed by atoms with Crippen LogP contribution in [0.15, 0.2) is 78.9 Å². The van der Waals surface area contributed by atoms with Crippen molar-refractivity contribution in [3.8, 4) is 0 Å². The Morgan fingerprint density at radius 1 is 0.833 bits per heavy atom. The van der Waals surface area contributed by atoms with Crippen molar-refractivity contribution in [1.29, 1.82) is 0 Å². The highest BCUT2D eigenvalue weighted by Gasteiger charge is 2.19. The first-order valence-electron chi connectivity index (χ1n) is 8.74. The molecule has 8 nitrogen and oxygen atoms in total. The molecule has 8 heteroatoms. The fourth-order valence-electron chi connectivity index (χ4n) is 2.54. The Kier molecular flexibility index (Phi) is 7.53. The number of aromatic carboxylic acids is 1. The normalized spacial score (nSPS) is 9.63. The Balaban J connectivity index is 0.000000222. The standard InChI is InChI=1S/C13H9NO3.C9H9NO3/c15-13(10-6-2-1-3-7-10)11-8-4-5-9-12(11)14(16)17;1-6(11)10-8-5-3-2-4-7(8)9(12)13/h1-9H;2-5H,1H3,(H,10,11)(H,12,13). The molecule has 30 heavy (non-hydrogen) atoms. The average molecular weight is 406 g/mol. The van der Waals surface area contributed by atoms with Crippen LogP contribution in [-0.2, 0) is 4.79 Å². The predicted molar refractivity (Wildman–Crippen MR) is 111 cm³/mol. The van der Waals surface area contributed by atoms with Crippen LogP contribution in [0.4, 0.5) is 11.4 Å². The number of carbonyl (C=O) groups is 3. The highest BCUT2D eigenvalue weighted by Crippen LogP contribution is 2.21. The van der Waals surface area contributed by atoms with Gasteiger partial charge in [0.2, 0.25) is 5.91 Å². The number of ketones is 1. The number of para-hydroxylation sites is 2. The topological polar surface area (TPSA) is 127 Å². The molecule has 3 aromatic rings. The van der Waals surface area contributed by atoms with E-state index in [1.165, 1.54) is 25.1 Å². The number of carboxylic acid groups (broad SMARTS) is 1. The first-order valence-corrected chi connectivity index (χ1v) is 8.74. The monoisotopic (exact) mass is 406 g/mol. The molecule has 0 aliphatic carbocycles. The van der Waals surface area contributed by atoms with Gasteiger partial charge in [0.25, 0.3) is 5.69 Å². The number of carbonyl (C=O) groups excluding carboxylic acids is 2. The number of anilines is 1. The number of benzene rings is 3. The van der Waals surface area contributed by atoms with Gasteiger partial charge in [-0.3, -0.25) is 19.7 Å². The first kappa shape index (κ1) is 22.0. The SMILES string of the molecule is CC(=O)Nc1ccccc1C(=O)O.O=C(c1ccccc1)c1ccccc1[N+](=O)[O-]. The Morgan fingerprint density at radius 2 is 1.37 bits per heavy atom. The summed E-state index contributed by atoms with van der Waals surface area (Å²) in [5.74, 6) is -1.67. The lowest BCUT2D eigenvalue weighted by Crippen LogP contribution is -2.10. The lowest BCUT2D eigenvalue weighted by Gasteiger charge is -2.04. The Labute approximate surface area is 171 Å². The van der Waals surface area contributed by atoms with Gasteiger partial charge in [0.1, 0.15) is 5.56 Å². The van der Waals surface area contributed by atoms with E-state index in [-0.39, 0.29) is 28.5 Å². The molecule has 0 saturated heterocycles. The number of hydrogen-bond acceptors (Lipinski definition) is 5. The summed E-state index contributed by atoms with van der Waals surface area (Å²) in [5, 5.41) is 22.0. The van der Waals surface area contributed by atoms with Crippen LogP contribution in [0.3, 0.4) is 0 Å². The van der Waals surface area contributed by atoms with Crippen molar-refractivity contribution in [2.45, 2.75) is 6.92 Å². The van der Waals surface area contributed by atoms with E-state index < -0.39 is 10.9 Å². The van der Waals surface area contributed by atoms with E-state index in [0.29, 0.717) is 11.3 Å². The molecule has 0 aliphatic rings. The number of amides is 1. The van der Waals surface area contributed by atoms with E-state index >= 15 is 0 Å². The van der Waals surface area contributed by atoms with Crippen LogP contribution in [0.5, 0.6) is 0 Å². The molecule has 0 aliphatic heterocycles. The Bertz CT molecular complexity index is 1080. The van der Waals surface area contributed by atoms with E-state index in [1.54, 1.807) is 60.7 Å². The van der Waals surface area contributed by atoms with Gasteiger partial charge < -0.3 is 10.4 Å². The van der Waals surface area contributed by atoms with Crippen LogP contribution in [0.1, 0.15) is 33.2 Å². The minimum atomic E-state index is -1.05. The average Bonchev–Trinajstić information content (AvgIpc) is 2.74. The molecule has 0 saturated carbocycles. The summed E-state index contributed by atoms with van der Waals surface area (Å²) in [5.41, 5.74) is 0.812. The minimum absolute atomic E-state index is 0.0951. The molecule has 0 aromatic heterocycles. The molecule has 0 atom stereocenters. The highest BCUT2D eigenvalue weighted by molar-refractivity contribution is 6.11. The molecule has 3 aromatic carbocycles. The number of nitrogens with one attached hydrogen (secondary N) is 1. The molecule has 0 bridgehead atoms. The fourth-order valence-corrected chi connectivity index (χ4v) is 2.54. The van der Waals surface area contributed by atoms with Gasteiger partial charge in [-0.05, 0) is 18.2 Å². The predicted octanol–water partition coefficient (Wildman–Crippen LogP) is 4.17. The number of hydrogen-bond donors (Lipinski definition) is 2. The molecule has 0 fully saturated rings. The first-order chi connectivity index (χ1) is 14.3. The maximum atomic E-state index is 12.1. The van der Waals surface area contributed by atoms with Gasteiger partial charge in [-0.25, -0.2) is 4.79 Å². The third-order valence-electron chi connectivity index (χ3n) is 3.85. The lowest BCUT2D eigenvalue weighted by atomic mass is 10.0.